The van der Waals surface area contributed by atoms with Crippen LogP contribution in [0.15, 0.2) is 18.7 Å². The number of sulfone groups is 1. The van der Waals surface area contributed by atoms with Gasteiger partial charge in [-0.2, -0.15) is 0 Å². The average Bonchev–Trinajstić information content (AvgIpc) is 3.39. The number of nitrogens with zero attached hydrogens (tertiary/aromatic N) is 9. The highest BCUT2D eigenvalue weighted by molar-refractivity contribution is 7.95. The highest BCUT2D eigenvalue weighted by Gasteiger charge is 2.57. The van der Waals surface area contributed by atoms with E-state index in [9.17, 15) is 13.2 Å². The number of piperazine rings is 1. The van der Waals surface area contributed by atoms with E-state index in [1.807, 2.05) is 24.4 Å². The maximum absolute atomic E-state index is 13.4. The fraction of sp³-hybridized carbons (Fsp3) is 0.600. The predicted molar refractivity (Wildman–Crippen MR) is 142 cm³/mol. The van der Waals surface area contributed by atoms with Gasteiger partial charge in [-0.1, -0.05) is 13.8 Å². The lowest BCUT2D eigenvalue weighted by Gasteiger charge is -2.49. The molecular formula is C25H33N9O3S. The highest BCUT2D eigenvalue weighted by atomic mass is 32.2. The third-order valence-corrected chi connectivity index (χ3v) is 11.0. The Bertz CT molecular complexity index is 1570. The minimum absolute atomic E-state index is 0.0560. The van der Waals surface area contributed by atoms with Crippen molar-refractivity contribution in [1.29, 1.82) is 0 Å². The summed E-state index contributed by atoms with van der Waals surface area (Å²) in [7, 11) is -3.39. The Morgan fingerprint density at radius 2 is 1.76 bits per heavy atom. The largest absolute Gasteiger partial charge is 0.350 e. The first-order chi connectivity index (χ1) is 17.8. The van der Waals surface area contributed by atoms with Gasteiger partial charge in [0.1, 0.15) is 28.5 Å². The topological polar surface area (TPSA) is 130 Å². The van der Waals surface area contributed by atoms with Crippen molar-refractivity contribution >= 4 is 38.8 Å². The number of anilines is 3. The Balaban J connectivity index is 1.33. The molecule has 0 aromatic carbocycles. The van der Waals surface area contributed by atoms with Crippen molar-refractivity contribution < 1.29 is 13.2 Å². The molecule has 1 amide bonds. The molecule has 3 atom stereocenters. The first kappa shape index (κ1) is 25.0. The zero-order valence-corrected chi connectivity index (χ0v) is 23.4. The number of hydrogen-bond acceptors (Lipinski definition) is 10. The normalized spacial score (nSPS) is 27.9. The van der Waals surface area contributed by atoms with Crippen LogP contribution in [0.5, 0.6) is 0 Å². The van der Waals surface area contributed by atoms with E-state index in [1.54, 1.807) is 24.3 Å². The second kappa shape index (κ2) is 8.08. The highest BCUT2D eigenvalue weighted by Crippen LogP contribution is 2.47. The van der Waals surface area contributed by atoms with Crippen LogP contribution in [0.3, 0.4) is 0 Å². The van der Waals surface area contributed by atoms with Crippen molar-refractivity contribution in [1.82, 2.24) is 34.4 Å². The van der Waals surface area contributed by atoms with Crippen molar-refractivity contribution in [3.05, 3.63) is 30.1 Å². The van der Waals surface area contributed by atoms with Gasteiger partial charge >= 0.3 is 0 Å². The number of aromatic nitrogens is 6. The maximum atomic E-state index is 13.4. The zero-order valence-electron chi connectivity index (χ0n) is 22.6. The van der Waals surface area contributed by atoms with Gasteiger partial charge in [-0.25, -0.2) is 23.4 Å². The van der Waals surface area contributed by atoms with E-state index >= 15 is 0 Å². The second-order valence-corrected chi connectivity index (χ2v) is 14.2. The summed E-state index contributed by atoms with van der Waals surface area (Å²) in [6, 6.07) is -0.224. The molecule has 202 valence electrons. The van der Waals surface area contributed by atoms with Crippen molar-refractivity contribution in [2.45, 2.75) is 70.2 Å². The molecule has 0 saturated carbocycles. The van der Waals surface area contributed by atoms with Crippen LogP contribution in [-0.4, -0.2) is 91.0 Å². The lowest BCUT2D eigenvalue weighted by atomic mass is 9.87. The molecule has 3 aromatic heterocycles. The molecule has 3 aliphatic rings. The molecule has 13 heteroatoms. The SMILES string of the molecule is Cc1nnc2cnc(N3CC(C)(C)c4c3ncnc4N3C[C@@H](C)N(C(=O)[C@@]4(C)CCS4(=O)=O)C[C@@H]3C)cn12. The maximum Gasteiger partial charge on any atom is 0.244 e. The number of amides is 1. The zero-order chi connectivity index (χ0) is 27.2. The lowest BCUT2D eigenvalue weighted by Crippen LogP contribution is -2.66. The van der Waals surface area contributed by atoms with Crippen molar-refractivity contribution in [3.63, 3.8) is 0 Å². The van der Waals surface area contributed by atoms with E-state index in [0.29, 0.717) is 31.7 Å². The Kier molecular flexibility index (Phi) is 5.30. The standard InChI is InChI=1S/C25H33N9O3S/c1-15-11-32(23(35)25(6)7-8-38(25,36)37)16(2)10-31(15)21-20-22(28-14-27-21)34(13-24(20,4)5)19-12-33-17(3)29-30-18(33)9-26-19/h9,12,14-16H,7-8,10-11,13H2,1-6H3/t15-,16+,25+/m0/s1. The lowest BCUT2D eigenvalue weighted by molar-refractivity contribution is -0.137. The summed E-state index contributed by atoms with van der Waals surface area (Å²) < 4.78 is 25.5. The van der Waals surface area contributed by atoms with Crippen LogP contribution in [0.1, 0.15) is 52.4 Å². The second-order valence-electron chi connectivity index (χ2n) is 11.7. The molecule has 6 rings (SSSR count). The summed E-state index contributed by atoms with van der Waals surface area (Å²) >= 11 is 0. The van der Waals surface area contributed by atoms with Crippen molar-refractivity contribution in [2.75, 3.05) is 35.2 Å². The van der Waals surface area contributed by atoms with Gasteiger partial charge in [0.05, 0.1) is 18.1 Å². The van der Waals surface area contributed by atoms with Gasteiger partial charge in [0.25, 0.3) is 0 Å². The predicted octanol–water partition coefficient (Wildman–Crippen LogP) is 1.65. The van der Waals surface area contributed by atoms with Gasteiger partial charge < -0.3 is 14.7 Å². The molecule has 2 fully saturated rings. The van der Waals surface area contributed by atoms with E-state index < -0.39 is 14.6 Å². The summed E-state index contributed by atoms with van der Waals surface area (Å²) in [6.45, 7) is 13.5. The third-order valence-electron chi connectivity index (χ3n) is 8.52. The van der Waals surface area contributed by atoms with Crippen LogP contribution >= 0.6 is 0 Å². The molecule has 0 N–H and O–H groups in total. The van der Waals surface area contributed by atoms with Crippen LogP contribution in [0, 0.1) is 6.92 Å². The molecule has 3 aromatic rings. The summed E-state index contributed by atoms with van der Waals surface area (Å²) in [5.74, 6) is 2.99. The Morgan fingerprint density at radius 3 is 2.45 bits per heavy atom. The Hall–Kier alpha value is -3.35. The van der Waals surface area contributed by atoms with Crippen LogP contribution < -0.4 is 9.80 Å². The van der Waals surface area contributed by atoms with E-state index in [2.05, 4.69) is 50.7 Å². The number of carbonyl (C=O) groups is 1. The fourth-order valence-electron chi connectivity index (χ4n) is 6.00. The van der Waals surface area contributed by atoms with Crippen LogP contribution in [-0.2, 0) is 20.0 Å². The Morgan fingerprint density at radius 1 is 1.03 bits per heavy atom. The Labute approximate surface area is 222 Å². The van der Waals surface area contributed by atoms with Gasteiger partial charge in [-0.05, 0) is 34.1 Å². The molecular weight excluding hydrogens is 506 g/mol. The van der Waals surface area contributed by atoms with E-state index in [1.165, 1.54) is 0 Å². The number of hydrogen-bond donors (Lipinski definition) is 0. The van der Waals surface area contributed by atoms with Crippen molar-refractivity contribution in [3.8, 4) is 0 Å². The molecule has 6 heterocycles. The fourth-order valence-corrected chi connectivity index (χ4v) is 7.54. The summed E-state index contributed by atoms with van der Waals surface area (Å²) in [5, 5.41) is 8.28. The van der Waals surface area contributed by atoms with Crippen LogP contribution in [0.2, 0.25) is 0 Å². The van der Waals surface area contributed by atoms with E-state index in [4.69, 9.17) is 4.98 Å². The van der Waals surface area contributed by atoms with E-state index in [-0.39, 0.29) is 29.2 Å². The molecule has 0 bridgehead atoms. The number of rotatable bonds is 3. The minimum atomic E-state index is -3.39. The molecule has 0 unspecified atom stereocenters. The molecule has 2 saturated heterocycles. The van der Waals surface area contributed by atoms with E-state index in [0.717, 1.165) is 28.8 Å². The first-order valence-corrected chi connectivity index (χ1v) is 14.6. The van der Waals surface area contributed by atoms with Gasteiger partial charge in [0, 0.05) is 42.7 Å². The van der Waals surface area contributed by atoms with Gasteiger partial charge in [0.15, 0.2) is 21.3 Å². The first-order valence-electron chi connectivity index (χ1n) is 12.9. The van der Waals surface area contributed by atoms with Crippen molar-refractivity contribution in [2.24, 2.45) is 0 Å². The number of fused-ring (bicyclic) bond motifs is 2. The molecule has 0 spiro atoms. The minimum Gasteiger partial charge on any atom is -0.350 e. The molecule has 3 aliphatic heterocycles. The monoisotopic (exact) mass is 539 g/mol. The summed E-state index contributed by atoms with van der Waals surface area (Å²) in [6.07, 6.45) is 5.61. The quantitative estimate of drug-likeness (QED) is 0.484. The van der Waals surface area contributed by atoms with Gasteiger partial charge in [0.2, 0.25) is 5.91 Å². The molecule has 12 nitrogen and oxygen atoms in total. The van der Waals surface area contributed by atoms with Gasteiger partial charge in [-0.3, -0.25) is 9.20 Å². The molecule has 0 aliphatic carbocycles. The van der Waals surface area contributed by atoms with Crippen LogP contribution in [0.25, 0.3) is 5.65 Å². The number of aryl methyl sites for hydroxylation is 1. The smallest absolute Gasteiger partial charge is 0.244 e. The summed E-state index contributed by atoms with van der Waals surface area (Å²) in [4.78, 5) is 33.6. The van der Waals surface area contributed by atoms with Crippen LogP contribution in [0.4, 0.5) is 17.5 Å². The van der Waals surface area contributed by atoms with Gasteiger partial charge in [-0.15, -0.1) is 10.2 Å². The third kappa shape index (κ3) is 3.43. The molecule has 38 heavy (non-hydrogen) atoms. The number of carbonyl (C=O) groups excluding carboxylic acids is 1. The summed E-state index contributed by atoms with van der Waals surface area (Å²) in [5.41, 5.74) is 1.45. The average molecular weight is 540 g/mol. The molecule has 0 radical (unpaired) electrons.